The van der Waals surface area contributed by atoms with E-state index in [-0.39, 0.29) is 18.3 Å². The smallest absolute Gasteiger partial charge is 0.262 e. The zero-order valence-corrected chi connectivity index (χ0v) is 35.6. The van der Waals surface area contributed by atoms with Crippen LogP contribution in [0.1, 0.15) is 82.6 Å². The number of imide groups is 1. The first-order valence-electron chi connectivity index (χ1n) is 21.1. The fourth-order valence-electron chi connectivity index (χ4n) is 9.56. The molecule has 0 saturated carbocycles. The van der Waals surface area contributed by atoms with E-state index in [1.165, 1.54) is 7.05 Å². The molecular weight excluding hydrogens is 792 g/mol. The van der Waals surface area contributed by atoms with Crippen LogP contribution in [0.15, 0.2) is 72.9 Å². The Morgan fingerprint density at radius 2 is 1.67 bits per heavy atom. The summed E-state index contributed by atoms with van der Waals surface area (Å²) in [7, 11) is 1.45. The number of benzene rings is 3. The fraction of sp³-hybridized carbons (Fsp3) is 0.426. The van der Waals surface area contributed by atoms with E-state index < -0.39 is 23.8 Å². The number of carbonyl (C=O) groups is 4. The van der Waals surface area contributed by atoms with Gasteiger partial charge in [0.2, 0.25) is 11.9 Å². The average molecular weight is 843 g/mol. The van der Waals surface area contributed by atoms with Gasteiger partial charge in [0, 0.05) is 81.6 Å². The average Bonchev–Trinajstić information content (AvgIpc) is 3.92. The Morgan fingerprint density at radius 3 is 2.36 bits per heavy atom. The first kappa shape index (κ1) is 41.9. The van der Waals surface area contributed by atoms with Crippen molar-refractivity contribution in [2.24, 2.45) is 17.8 Å². The molecule has 1 N–H and O–H groups in total. The molecule has 3 aromatic carbocycles. The molecule has 4 aromatic rings. The summed E-state index contributed by atoms with van der Waals surface area (Å²) in [5, 5.41) is 12.5. The van der Waals surface area contributed by atoms with Gasteiger partial charge in [0.15, 0.2) is 0 Å². The quantitative estimate of drug-likeness (QED) is 0.120. The number of rotatable bonds is 14. The molecule has 5 heterocycles. The summed E-state index contributed by atoms with van der Waals surface area (Å²) in [5.41, 5.74) is 4.57. The minimum Gasteiger partial charge on any atom is -0.487 e. The van der Waals surface area contributed by atoms with Gasteiger partial charge in [-0.1, -0.05) is 37.6 Å². The SMILES string of the molecule is CNC(=O)C(CCC=O)N1C(=O)c2ccc(N3CCC(CN4CC5CN(c6nccc(COc7ccc(C(C)(C)c8cc(Cl)cc(C#N)c8)cc7)n6)CC5C4)CC3)cc2C1=O. The number of fused-ring (bicyclic) bond motifs is 2. The van der Waals surface area contributed by atoms with Crippen LogP contribution in [0.2, 0.25) is 5.02 Å². The van der Waals surface area contributed by atoms with Crippen molar-refractivity contribution in [1.29, 1.82) is 5.26 Å². The Balaban J connectivity index is 0.798. The van der Waals surface area contributed by atoms with Gasteiger partial charge in [-0.15, -0.1) is 0 Å². The maximum absolute atomic E-state index is 13.5. The minimum atomic E-state index is -1.03. The number of aldehydes is 1. The molecule has 0 bridgehead atoms. The molecule has 4 aliphatic rings. The molecule has 3 saturated heterocycles. The second-order valence-electron chi connectivity index (χ2n) is 17.3. The lowest BCUT2D eigenvalue weighted by molar-refractivity contribution is -0.124. The van der Waals surface area contributed by atoms with Gasteiger partial charge in [0.25, 0.3) is 11.8 Å². The molecule has 61 heavy (non-hydrogen) atoms. The summed E-state index contributed by atoms with van der Waals surface area (Å²) >= 11 is 6.31. The number of piperidine rings is 1. The summed E-state index contributed by atoms with van der Waals surface area (Å²) in [5.74, 6) is 1.75. The third-order valence-electron chi connectivity index (χ3n) is 13.1. The normalized spacial score (nSPS) is 19.8. The van der Waals surface area contributed by atoms with Crippen LogP contribution >= 0.6 is 11.6 Å². The first-order chi connectivity index (χ1) is 29.4. The van der Waals surface area contributed by atoms with Gasteiger partial charge < -0.3 is 29.5 Å². The van der Waals surface area contributed by atoms with Gasteiger partial charge in [0.05, 0.1) is 28.5 Å². The van der Waals surface area contributed by atoms with E-state index in [1.807, 2.05) is 42.6 Å². The van der Waals surface area contributed by atoms with E-state index in [0.717, 1.165) is 97.8 Å². The molecule has 13 nitrogen and oxygen atoms in total. The summed E-state index contributed by atoms with van der Waals surface area (Å²) in [6.07, 6.45) is 4.74. The highest BCUT2D eigenvalue weighted by Gasteiger charge is 2.44. The molecule has 3 fully saturated rings. The Bertz CT molecular complexity index is 2340. The van der Waals surface area contributed by atoms with Crippen molar-refractivity contribution in [1.82, 2.24) is 25.1 Å². The van der Waals surface area contributed by atoms with Gasteiger partial charge in [-0.25, -0.2) is 9.97 Å². The molecule has 1 aromatic heterocycles. The summed E-state index contributed by atoms with van der Waals surface area (Å²) in [6.45, 7) is 11.3. The number of ether oxygens (including phenoxy) is 1. The monoisotopic (exact) mass is 842 g/mol. The van der Waals surface area contributed by atoms with E-state index >= 15 is 0 Å². The molecule has 0 aliphatic carbocycles. The van der Waals surface area contributed by atoms with Crippen LogP contribution in [0, 0.1) is 29.1 Å². The number of likely N-dealkylation sites (tertiary alicyclic amines) is 1. The van der Waals surface area contributed by atoms with Crippen LogP contribution < -0.4 is 19.9 Å². The number of aromatic nitrogens is 2. The zero-order chi connectivity index (χ0) is 42.8. The molecular formula is C47H51ClN8O5. The lowest BCUT2D eigenvalue weighted by atomic mass is 9.78. The zero-order valence-electron chi connectivity index (χ0n) is 34.8. The van der Waals surface area contributed by atoms with Crippen LogP contribution in [0.25, 0.3) is 0 Å². The van der Waals surface area contributed by atoms with E-state index in [9.17, 15) is 24.4 Å². The summed E-state index contributed by atoms with van der Waals surface area (Å²) < 4.78 is 6.16. The number of nitrogens with zero attached hydrogens (tertiary/aromatic N) is 7. The Hall–Kier alpha value is -5.84. The summed E-state index contributed by atoms with van der Waals surface area (Å²) in [4.78, 5) is 68.1. The molecule has 8 rings (SSSR count). The highest BCUT2D eigenvalue weighted by molar-refractivity contribution is 6.30. The van der Waals surface area contributed by atoms with Crippen LogP contribution in [0.4, 0.5) is 11.6 Å². The fourth-order valence-corrected chi connectivity index (χ4v) is 9.80. The van der Waals surface area contributed by atoms with Crippen LogP contribution in [-0.4, -0.2) is 103 Å². The van der Waals surface area contributed by atoms with Crippen molar-refractivity contribution < 1.29 is 23.9 Å². The number of nitrogens with one attached hydrogen (secondary N) is 1. The predicted octanol–water partition coefficient (Wildman–Crippen LogP) is 5.88. The number of carbonyl (C=O) groups excluding carboxylic acids is 4. The lowest BCUT2D eigenvalue weighted by Crippen LogP contribution is -2.48. The van der Waals surface area contributed by atoms with Crippen molar-refractivity contribution >= 4 is 47.2 Å². The molecule has 3 atom stereocenters. The van der Waals surface area contributed by atoms with E-state index in [1.54, 1.807) is 18.2 Å². The van der Waals surface area contributed by atoms with Crippen molar-refractivity contribution in [2.75, 3.05) is 62.7 Å². The molecule has 316 valence electrons. The number of nitriles is 1. The molecule has 0 spiro atoms. The maximum Gasteiger partial charge on any atom is 0.262 e. The second-order valence-corrected chi connectivity index (χ2v) is 17.7. The molecule has 3 amide bonds. The lowest BCUT2D eigenvalue weighted by Gasteiger charge is -2.35. The van der Waals surface area contributed by atoms with Crippen molar-refractivity contribution in [3.63, 3.8) is 0 Å². The number of anilines is 2. The third-order valence-corrected chi connectivity index (χ3v) is 13.3. The Morgan fingerprint density at radius 1 is 0.951 bits per heavy atom. The maximum atomic E-state index is 13.5. The standard InChI is InChI=1S/C47H51ClN8O5/c1-47(2,35-19-31(23-49)20-36(48)21-35)34-6-9-39(10-7-34)61-29-37-12-15-51-46(52-37)55-27-32-25-53(26-33(32)28-55)24-30-13-16-54(17-14-30)38-8-11-40-41(22-38)45(60)56(44(40)59)42(5-4-18-57)43(58)50-3/h6-12,15,18-22,30,32-33,42H,4-5,13-14,16-17,24-29H2,1-3H3,(H,50,58). The largest absolute Gasteiger partial charge is 0.487 e. The van der Waals surface area contributed by atoms with Gasteiger partial charge in [-0.05, 0) is 103 Å². The number of amides is 3. The van der Waals surface area contributed by atoms with Crippen LogP contribution in [-0.2, 0) is 21.6 Å². The van der Waals surface area contributed by atoms with E-state index in [4.69, 9.17) is 21.3 Å². The van der Waals surface area contributed by atoms with Gasteiger partial charge >= 0.3 is 0 Å². The number of hydrogen-bond acceptors (Lipinski definition) is 11. The molecule has 4 aliphatic heterocycles. The molecule has 14 heteroatoms. The predicted molar refractivity (Wildman–Crippen MR) is 232 cm³/mol. The van der Waals surface area contributed by atoms with Crippen molar-refractivity contribution in [2.45, 2.75) is 57.6 Å². The molecule has 0 radical (unpaired) electrons. The number of likely N-dealkylation sites (N-methyl/N-ethyl adjacent to an activating group) is 1. The van der Waals surface area contributed by atoms with Gasteiger partial charge in [0.1, 0.15) is 24.7 Å². The second kappa shape index (κ2) is 17.6. The van der Waals surface area contributed by atoms with Gasteiger partial charge in [-0.2, -0.15) is 5.26 Å². The molecule has 3 unspecified atom stereocenters. The first-order valence-corrected chi connectivity index (χ1v) is 21.5. The minimum absolute atomic E-state index is 0.0715. The Kier molecular flexibility index (Phi) is 12.1. The van der Waals surface area contributed by atoms with E-state index in [2.05, 4.69) is 57.0 Å². The third kappa shape index (κ3) is 8.70. The Labute approximate surface area is 361 Å². The van der Waals surface area contributed by atoms with Gasteiger partial charge in [-0.3, -0.25) is 19.3 Å². The van der Waals surface area contributed by atoms with Crippen molar-refractivity contribution in [3.8, 4) is 11.8 Å². The highest BCUT2D eigenvalue weighted by Crippen LogP contribution is 2.37. The van der Waals surface area contributed by atoms with E-state index in [0.29, 0.717) is 52.4 Å². The van der Waals surface area contributed by atoms with Crippen LogP contribution in [0.5, 0.6) is 5.75 Å². The summed E-state index contributed by atoms with van der Waals surface area (Å²) in [6, 6.07) is 21.9. The topological polar surface area (TPSA) is 152 Å². The van der Waals surface area contributed by atoms with Crippen molar-refractivity contribution in [3.05, 3.63) is 111 Å². The number of halogens is 1. The van der Waals surface area contributed by atoms with Crippen LogP contribution in [0.3, 0.4) is 0 Å². The highest BCUT2D eigenvalue weighted by atomic mass is 35.5. The number of hydrogen-bond donors (Lipinski definition) is 1.